The van der Waals surface area contributed by atoms with E-state index >= 15 is 0 Å². The van der Waals surface area contributed by atoms with Crippen molar-refractivity contribution in [1.82, 2.24) is 4.98 Å². The van der Waals surface area contributed by atoms with Crippen molar-refractivity contribution in [2.24, 2.45) is 0 Å². The van der Waals surface area contributed by atoms with Crippen LogP contribution in [0.1, 0.15) is 0 Å². The zero-order chi connectivity index (χ0) is 12.8. The lowest BCUT2D eigenvalue weighted by molar-refractivity contribution is 0.216. The Labute approximate surface area is 114 Å². The molecule has 18 heavy (non-hydrogen) atoms. The molecule has 0 spiro atoms. The minimum absolute atomic E-state index is 0.451. The molecule has 2 rings (SSSR count). The van der Waals surface area contributed by atoms with E-state index in [1.165, 1.54) is 0 Å². The number of anilines is 1. The number of aromatic nitrogens is 1. The van der Waals surface area contributed by atoms with Gasteiger partial charge in [0.05, 0.1) is 6.20 Å². The Bertz CT molecular complexity index is 472. The van der Waals surface area contributed by atoms with Crippen LogP contribution in [0.3, 0.4) is 0 Å². The number of nitrogen functional groups attached to an aromatic ring is 1. The molecule has 0 saturated carbocycles. The molecule has 0 radical (unpaired) electrons. The van der Waals surface area contributed by atoms with Gasteiger partial charge in [0.1, 0.15) is 24.7 Å². The highest BCUT2D eigenvalue weighted by Gasteiger charge is 1.97. The average Bonchev–Trinajstić information content (AvgIpc) is 2.35. The molecule has 5 heteroatoms. The first-order valence-electron chi connectivity index (χ1n) is 5.46. The summed E-state index contributed by atoms with van der Waals surface area (Å²) in [4.78, 5) is 4.00. The first kappa shape index (κ1) is 12.7. The predicted molar refractivity (Wildman–Crippen MR) is 73.8 cm³/mol. The topological polar surface area (TPSA) is 57.4 Å². The lowest BCUT2D eigenvalue weighted by Gasteiger charge is -2.08. The fourth-order valence-electron chi connectivity index (χ4n) is 1.39. The van der Waals surface area contributed by atoms with Gasteiger partial charge in [-0.1, -0.05) is 6.07 Å². The minimum atomic E-state index is 0.451. The molecule has 0 amide bonds. The fraction of sp³-hybridized carbons (Fsp3) is 0.154. The molecule has 1 aromatic heterocycles. The highest BCUT2D eigenvalue weighted by atomic mass is 79.9. The van der Waals surface area contributed by atoms with Gasteiger partial charge in [-0.3, -0.25) is 4.98 Å². The van der Waals surface area contributed by atoms with E-state index in [2.05, 4.69) is 20.9 Å². The summed E-state index contributed by atoms with van der Waals surface area (Å²) in [6.45, 7) is 0.906. The summed E-state index contributed by atoms with van der Waals surface area (Å²) in [7, 11) is 0. The second kappa shape index (κ2) is 6.26. The zero-order valence-electron chi connectivity index (χ0n) is 9.67. The number of nitrogens with two attached hydrogens (primary N) is 1. The Balaban J connectivity index is 1.76. The van der Waals surface area contributed by atoms with Crippen molar-refractivity contribution in [2.75, 3.05) is 18.9 Å². The fourth-order valence-corrected chi connectivity index (χ4v) is 1.74. The van der Waals surface area contributed by atoms with Gasteiger partial charge in [0.2, 0.25) is 0 Å². The largest absolute Gasteiger partial charge is 0.490 e. The van der Waals surface area contributed by atoms with E-state index in [0.717, 1.165) is 10.2 Å². The molecule has 94 valence electrons. The van der Waals surface area contributed by atoms with Crippen molar-refractivity contribution >= 4 is 21.6 Å². The van der Waals surface area contributed by atoms with Crippen LogP contribution in [0.15, 0.2) is 47.2 Å². The van der Waals surface area contributed by atoms with Crippen LogP contribution in [0.25, 0.3) is 0 Å². The van der Waals surface area contributed by atoms with Gasteiger partial charge in [0, 0.05) is 22.4 Å². The molecule has 0 saturated heterocycles. The number of hydrogen-bond acceptors (Lipinski definition) is 4. The van der Waals surface area contributed by atoms with E-state index in [1.807, 2.05) is 24.3 Å². The van der Waals surface area contributed by atoms with Gasteiger partial charge in [-0.05, 0) is 34.1 Å². The van der Waals surface area contributed by atoms with Crippen LogP contribution in [0.2, 0.25) is 0 Å². The molecule has 1 heterocycles. The Morgan fingerprint density at radius 1 is 1.06 bits per heavy atom. The minimum Gasteiger partial charge on any atom is -0.490 e. The second-order valence-electron chi connectivity index (χ2n) is 3.61. The van der Waals surface area contributed by atoms with Gasteiger partial charge in [-0.15, -0.1) is 0 Å². The van der Waals surface area contributed by atoms with Crippen LogP contribution in [0.4, 0.5) is 5.69 Å². The zero-order valence-corrected chi connectivity index (χ0v) is 11.3. The Kier molecular flexibility index (Phi) is 4.41. The SMILES string of the molecule is Nc1cccc(OCCOc2cncc(Br)c2)c1. The third-order valence-electron chi connectivity index (χ3n) is 2.16. The van der Waals surface area contributed by atoms with Gasteiger partial charge in [0.25, 0.3) is 0 Å². The predicted octanol–water partition coefficient (Wildman–Crippen LogP) is 2.88. The smallest absolute Gasteiger partial charge is 0.138 e. The van der Waals surface area contributed by atoms with Crippen molar-refractivity contribution in [2.45, 2.75) is 0 Å². The van der Waals surface area contributed by atoms with Crippen molar-refractivity contribution < 1.29 is 9.47 Å². The van der Waals surface area contributed by atoms with Crippen LogP contribution in [-0.2, 0) is 0 Å². The number of hydrogen-bond donors (Lipinski definition) is 1. The Hall–Kier alpha value is -1.75. The quantitative estimate of drug-likeness (QED) is 0.681. The second-order valence-corrected chi connectivity index (χ2v) is 4.52. The van der Waals surface area contributed by atoms with Crippen molar-refractivity contribution in [3.05, 3.63) is 47.2 Å². The first-order chi connectivity index (χ1) is 8.74. The molecule has 1 aromatic carbocycles. The maximum atomic E-state index is 5.65. The summed E-state index contributed by atoms with van der Waals surface area (Å²) in [6, 6.07) is 9.16. The number of benzene rings is 1. The van der Waals surface area contributed by atoms with Crippen LogP contribution in [-0.4, -0.2) is 18.2 Å². The monoisotopic (exact) mass is 308 g/mol. The number of rotatable bonds is 5. The molecule has 0 fully saturated rings. The molecule has 0 aliphatic rings. The molecular formula is C13H13BrN2O2. The van der Waals surface area contributed by atoms with Crippen LogP contribution in [0, 0.1) is 0 Å². The van der Waals surface area contributed by atoms with Crippen LogP contribution < -0.4 is 15.2 Å². The standard InChI is InChI=1S/C13H13BrN2O2/c14-10-6-13(9-16-8-10)18-5-4-17-12-3-1-2-11(15)7-12/h1-3,6-9H,4-5,15H2. The number of ether oxygens (including phenoxy) is 2. The van der Waals surface area contributed by atoms with Gasteiger partial charge < -0.3 is 15.2 Å². The van der Waals surface area contributed by atoms with Crippen molar-refractivity contribution in [1.29, 1.82) is 0 Å². The van der Waals surface area contributed by atoms with E-state index in [4.69, 9.17) is 15.2 Å². The number of halogens is 1. The number of pyridine rings is 1. The maximum absolute atomic E-state index is 5.65. The summed E-state index contributed by atoms with van der Waals surface area (Å²) >= 11 is 3.33. The van der Waals surface area contributed by atoms with Gasteiger partial charge in [0.15, 0.2) is 0 Å². The van der Waals surface area contributed by atoms with Gasteiger partial charge in [-0.25, -0.2) is 0 Å². The molecule has 2 N–H and O–H groups in total. The summed E-state index contributed by atoms with van der Waals surface area (Å²) in [5.41, 5.74) is 6.33. The van der Waals surface area contributed by atoms with Crippen LogP contribution >= 0.6 is 15.9 Å². The van der Waals surface area contributed by atoms with Gasteiger partial charge >= 0.3 is 0 Å². The number of nitrogens with zero attached hydrogens (tertiary/aromatic N) is 1. The molecule has 0 bridgehead atoms. The summed E-state index contributed by atoms with van der Waals surface area (Å²) in [5, 5.41) is 0. The van der Waals surface area contributed by atoms with Crippen molar-refractivity contribution in [3.63, 3.8) is 0 Å². The normalized spacial score (nSPS) is 10.1. The highest BCUT2D eigenvalue weighted by molar-refractivity contribution is 9.10. The summed E-state index contributed by atoms with van der Waals surface area (Å²) in [6.07, 6.45) is 3.36. The van der Waals surface area contributed by atoms with E-state index in [0.29, 0.717) is 24.7 Å². The summed E-state index contributed by atoms with van der Waals surface area (Å²) < 4.78 is 11.9. The molecular weight excluding hydrogens is 296 g/mol. The van der Waals surface area contributed by atoms with Crippen LogP contribution in [0.5, 0.6) is 11.5 Å². The summed E-state index contributed by atoms with van der Waals surface area (Å²) in [5.74, 6) is 1.45. The maximum Gasteiger partial charge on any atom is 0.138 e. The third-order valence-corrected chi connectivity index (χ3v) is 2.59. The van der Waals surface area contributed by atoms with E-state index in [-0.39, 0.29) is 0 Å². The van der Waals surface area contributed by atoms with E-state index in [9.17, 15) is 0 Å². The Morgan fingerprint density at radius 3 is 2.56 bits per heavy atom. The molecule has 0 aliphatic heterocycles. The first-order valence-corrected chi connectivity index (χ1v) is 6.25. The van der Waals surface area contributed by atoms with Gasteiger partial charge in [-0.2, -0.15) is 0 Å². The molecule has 0 atom stereocenters. The molecule has 4 nitrogen and oxygen atoms in total. The van der Waals surface area contributed by atoms with E-state index < -0.39 is 0 Å². The average molecular weight is 309 g/mol. The third kappa shape index (κ3) is 3.92. The Morgan fingerprint density at radius 2 is 1.83 bits per heavy atom. The lowest BCUT2D eigenvalue weighted by atomic mass is 10.3. The van der Waals surface area contributed by atoms with E-state index in [1.54, 1.807) is 18.5 Å². The molecule has 0 aliphatic carbocycles. The lowest BCUT2D eigenvalue weighted by Crippen LogP contribution is -2.09. The molecule has 0 unspecified atom stereocenters. The molecule has 2 aromatic rings. The highest BCUT2D eigenvalue weighted by Crippen LogP contribution is 2.16. The van der Waals surface area contributed by atoms with Crippen molar-refractivity contribution in [3.8, 4) is 11.5 Å².